The number of carbonyl (C=O) groups is 1. The van der Waals surface area contributed by atoms with Gasteiger partial charge >= 0.3 is 5.97 Å². The van der Waals surface area contributed by atoms with E-state index < -0.39 is 6.10 Å². The van der Waals surface area contributed by atoms with Crippen molar-refractivity contribution in [1.29, 1.82) is 0 Å². The standard InChI is InChI=1S/C15H15ClO5/c16-12-6-9(5-8-1-3-20-14(8)12)13(18)10-7-11(10)15(19)21-4-2-17/h1,3,5-6,10-11,13,17-18H,2,4,7H2/t10-,11?,13?/m0/s1. The van der Waals surface area contributed by atoms with Crippen molar-refractivity contribution in [3.8, 4) is 0 Å². The summed E-state index contributed by atoms with van der Waals surface area (Å²) >= 11 is 6.12. The number of ether oxygens (including phenoxy) is 1. The summed E-state index contributed by atoms with van der Waals surface area (Å²) in [4.78, 5) is 11.7. The maximum Gasteiger partial charge on any atom is 0.309 e. The monoisotopic (exact) mass is 310 g/mol. The van der Waals surface area contributed by atoms with Crippen LogP contribution in [0.15, 0.2) is 28.9 Å². The summed E-state index contributed by atoms with van der Waals surface area (Å²) in [6.07, 6.45) is 1.35. The fraction of sp³-hybridized carbons (Fsp3) is 0.400. The molecule has 3 atom stereocenters. The number of hydrogen-bond acceptors (Lipinski definition) is 5. The van der Waals surface area contributed by atoms with Crippen LogP contribution in [0.3, 0.4) is 0 Å². The summed E-state index contributed by atoms with van der Waals surface area (Å²) in [5.74, 6) is -0.856. The molecule has 5 nitrogen and oxygen atoms in total. The first-order valence-corrected chi connectivity index (χ1v) is 7.12. The molecular formula is C15H15ClO5. The van der Waals surface area contributed by atoms with E-state index >= 15 is 0 Å². The highest BCUT2D eigenvalue weighted by molar-refractivity contribution is 6.34. The van der Waals surface area contributed by atoms with Crippen LogP contribution in [-0.4, -0.2) is 29.4 Å². The average Bonchev–Trinajstić information content (AvgIpc) is 3.13. The van der Waals surface area contributed by atoms with Gasteiger partial charge in [0.25, 0.3) is 0 Å². The molecular weight excluding hydrogens is 296 g/mol. The van der Waals surface area contributed by atoms with Crippen molar-refractivity contribution in [2.75, 3.05) is 13.2 Å². The van der Waals surface area contributed by atoms with Gasteiger partial charge in [-0.3, -0.25) is 4.79 Å². The van der Waals surface area contributed by atoms with Crippen molar-refractivity contribution in [2.45, 2.75) is 12.5 Å². The first-order valence-electron chi connectivity index (χ1n) is 6.74. The molecule has 0 aliphatic heterocycles. The fourth-order valence-electron chi connectivity index (χ4n) is 2.57. The van der Waals surface area contributed by atoms with Gasteiger partial charge in [0.15, 0.2) is 5.58 Å². The Hall–Kier alpha value is -1.56. The van der Waals surface area contributed by atoms with Gasteiger partial charge in [-0.2, -0.15) is 0 Å². The Bertz CT molecular complexity index is 665. The zero-order valence-corrected chi connectivity index (χ0v) is 11.9. The number of esters is 1. The molecule has 1 saturated carbocycles. The number of aliphatic hydroxyl groups excluding tert-OH is 2. The van der Waals surface area contributed by atoms with Gasteiger partial charge in [0.05, 0.1) is 29.9 Å². The predicted octanol–water partition coefficient (Wildman–Crippen LogP) is 2.29. The molecule has 0 radical (unpaired) electrons. The molecule has 112 valence electrons. The molecule has 0 spiro atoms. The number of furan rings is 1. The van der Waals surface area contributed by atoms with Crippen LogP contribution in [0.4, 0.5) is 0 Å². The molecule has 1 aliphatic carbocycles. The Morgan fingerprint density at radius 2 is 2.33 bits per heavy atom. The van der Waals surface area contributed by atoms with Crippen molar-refractivity contribution < 1.29 is 24.2 Å². The van der Waals surface area contributed by atoms with Crippen LogP contribution in [0.1, 0.15) is 18.1 Å². The Labute approximate surface area is 126 Å². The summed E-state index contributed by atoms with van der Waals surface area (Å²) in [7, 11) is 0. The topological polar surface area (TPSA) is 79.9 Å². The summed E-state index contributed by atoms with van der Waals surface area (Å²) in [6.45, 7) is -0.205. The van der Waals surface area contributed by atoms with Gasteiger partial charge in [-0.05, 0) is 30.2 Å². The summed E-state index contributed by atoms with van der Waals surface area (Å²) < 4.78 is 10.1. The minimum absolute atomic E-state index is 0.00897. The SMILES string of the molecule is O=C(OCCO)C1C[C@@H]1C(O)c1cc(Cl)c2occc2c1. The predicted molar refractivity (Wildman–Crippen MR) is 75.8 cm³/mol. The van der Waals surface area contributed by atoms with Gasteiger partial charge in [-0.25, -0.2) is 0 Å². The van der Waals surface area contributed by atoms with E-state index in [9.17, 15) is 9.90 Å². The average molecular weight is 311 g/mol. The highest BCUT2D eigenvalue weighted by atomic mass is 35.5. The van der Waals surface area contributed by atoms with E-state index in [2.05, 4.69) is 0 Å². The van der Waals surface area contributed by atoms with E-state index in [1.165, 1.54) is 0 Å². The van der Waals surface area contributed by atoms with E-state index in [0.29, 0.717) is 22.6 Å². The van der Waals surface area contributed by atoms with Crippen molar-refractivity contribution in [1.82, 2.24) is 0 Å². The highest BCUT2D eigenvalue weighted by Gasteiger charge is 2.49. The zero-order valence-electron chi connectivity index (χ0n) is 11.2. The highest BCUT2D eigenvalue weighted by Crippen LogP contribution is 2.48. The molecule has 3 rings (SSSR count). The van der Waals surface area contributed by atoms with Gasteiger partial charge in [0, 0.05) is 11.3 Å². The van der Waals surface area contributed by atoms with Crippen LogP contribution in [0.5, 0.6) is 0 Å². The minimum atomic E-state index is -0.770. The number of carbonyl (C=O) groups excluding carboxylic acids is 1. The fourth-order valence-corrected chi connectivity index (χ4v) is 2.85. The second kappa shape index (κ2) is 5.67. The van der Waals surface area contributed by atoms with Crippen molar-refractivity contribution in [3.63, 3.8) is 0 Å². The van der Waals surface area contributed by atoms with E-state index in [1.54, 1.807) is 18.4 Å². The number of fused-ring (bicyclic) bond motifs is 1. The number of hydrogen-bond donors (Lipinski definition) is 2. The summed E-state index contributed by atoms with van der Waals surface area (Å²) in [5, 5.41) is 20.3. The van der Waals surface area contributed by atoms with Gasteiger partial charge in [-0.1, -0.05) is 11.6 Å². The Morgan fingerprint density at radius 1 is 1.52 bits per heavy atom. The van der Waals surface area contributed by atoms with Crippen LogP contribution in [0.25, 0.3) is 11.0 Å². The number of rotatable bonds is 5. The third kappa shape index (κ3) is 2.77. The molecule has 1 heterocycles. The molecule has 1 aromatic carbocycles. The molecule has 2 unspecified atom stereocenters. The van der Waals surface area contributed by atoms with E-state index in [-0.39, 0.29) is 31.0 Å². The third-order valence-corrected chi connectivity index (χ3v) is 4.03. The van der Waals surface area contributed by atoms with Crippen LogP contribution < -0.4 is 0 Å². The number of halogens is 1. The van der Waals surface area contributed by atoms with Crippen LogP contribution in [-0.2, 0) is 9.53 Å². The second-order valence-corrected chi connectivity index (χ2v) is 5.59. The van der Waals surface area contributed by atoms with E-state index in [0.717, 1.165) is 5.39 Å². The molecule has 2 N–H and O–H groups in total. The largest absolute Gasteiger partial charge is 0.463 e. The molecule has 6 heteroatoms. The summed E-state index contributed by atoms with van der Waals surface area (Å²) in [6, 6.07) is 5.24. The lowest BCUT2D eigenvalue weighted by Gasteiger charge is -2.11. The quantitative estimate of drug-likeness (QED) is 0.828. The lowest BCUT2D eigenvalue weighted by atomic mass is 10.0. The molecule has 21 heavy (non-hydrogen) atoms. The third-order valence-electron chi connectivity index (χ3n) is 3.75. The second-order valence-electron chi connectivity index (χ2n) is 5.18. The maximum absolute atomic E-state index is 11.7. The minimum Gasteiger partial charge on any atom is -0.463 e. The lowest BCUT2D eigenvalue weighted by molar-refractivity contribution is -0.147. The first kappa shape index (κ1) is 14.4. The van der Waals surface area contributed by atoms with Crippen molar-refractivity contribution in [3.05, 3.63) is 35.0 Å². The van der Waals surface area contributed by atoms with Crippen molar-refractivity contribution >= 4 is 28.5 Å². The summed E-state index contributed by atoms with van der Waals surface area (Å²) in [5.41, 5.74) is 1.25. The van der Waals surface area contributed by atoms with Crippen LogP contribution in [0, 0.1) is 11.8 Å². The van der Waals surface area contributed by atoms with Gasteiger partial charge in [-0.15, -0.1) is 0 Å². The lowest BCUT2D eigenvalue weighted by Crippen LogP contribution is -2.13. The van der Waals surface area contributed by atoms with E-state index in [1.807, 2.05) is 6.07 Å². The Kier molecular flexibility index (Phi) is 3.89. The molecule has 0 saturated heterocycles. The normalized spacial score (nSPS) is 22.2. The molecule has 1 aromatic heterocycles. The smallest absolute Gasteiger partial charge is 0.309 e. The molecule has 0 amide bonds. The van der Waals surface area contributed by atoms with Crippen LogP contribution in [0.2, 0.25) is 5.02 Å². The number of benzene rings is 1. The van der Waals surface area contributed by atoms with Gasteiger partial charge in [0.2, 0.25) is 0 Å². The Balaban J connectivity index is 1.73. The first-order chi connectivity index (χ1) is 10.1. The van der Waals surface area contributed by atoms with Crippen LogP contribution >= 0.6 is 11.6 Å². The molecule has 0 bridgehead atoms. The number of aliphatic hydroxyl groups is 2. The Morgan fingerprint density at radius 3 is 3.10 bits per heavy atom. The molecule has 2 aromatic rings. The van der Waals surface area contributed by atoms with Gasteiger partial charge in [0.1, 0.15) is 6.61 Å². The van der Waals surface area contributed by atoms with Gasteiger partial charge < -0.3 is 19.4 Å². The maximum atomic E-state index is 11.7. The molecule has 1 fully saturated rings. The van der Waals surface area contributed by atoms with E-state index in [4.69, 9.17) is 25.9 Å². The van der Waals surface area contributed by atoms with Crippen molar-refractivity contribution in [2.24, 2.45) is 11.8 Å². The zero-order chi connectivity index (χ0) is 15.0. The molecule has 1 aliphatic rings.